The van der Waals surface area contributed by atoms with E-state index in [1.165, 1.54) is 5.56 Å². The summed E-state index contributed by atoms with van der Waals surface area (Å²) in [5, 5.41) is 9.83. The van der Waals surface area contributed by atoms with Gasteiger partial charge in [-0.3, -0.25) is 19.4 Å². The third kappa shape index (κ3) is 3.28. The van der Waals surface area contributed by atoms with Crippen molar-refractivity contribution in [3.05, 3.63) is 70.4 Å². The second-order valence-electron chi connectivity index (χ2n) is 7.30. The number of carboxylic acid groups (broad SMARTS) is 1. The normalized spacial score (nSPS) is 13.2. The number of amides is 1. The molecular formula is C23H21N3O4. The predicted octanol–water partition coefficient (Wildman–Crippen LogP) is 2.81. The van der Waals surface area contributed by atoms with Crippen molar-refractivity contribution in [2.75, 3.05) is 6.54 Å². The molecule has 0 spiro atoms. The smallest absolute Gasteiger partial charge is 0.309 e. The number of aryl methyl sites for hydroxylation is 1. The molecule has 3 aromatic rings. The van der Waals surface area contributed by atoms with Crippen LogP contribution in [0.5, 0.6) is 0 Å². The lowest BCUT2D eigenvalue weighted by molar-refractivity contribution is -0.135. The first-order valence-corrected chi connectivity index (χ1v) is 9.72. The molecule has 4 rings (SSSR count). The summed E-state index contributed by atoms with van der Waals surface area (Å²) in [6.07, 6.45) is 0.616. The Labute approximate surface area is 172 Å². The van der Waals surface area contributed by atoms with Gasteiger partial charge in [-0.2, -0.15) is 0 Å². The number of Topliss-reactive ketones (excluding diaryl/α,β-unsaturated/α-hetero) is 1. The van der Waals surface area contributed by atoms with Crippen molar-refractivity contribution < 1.29 is 19.5 Å². The summed E-state index contributed by atoms with van der Waals surface area (Å²) >= 11 is 0. The van der Waals surface area contributed by atoms with E-state index in [4.69, 9.17) is 5.73 Å². The lowest BCUT2D eigenvalue weighted by Crippen LogP contribution is -2.24. The molecule has 30 heavy (non-hydrogen) atoms. The number of carbonyl (C=O) groups excluding carboxylic acids is 2. The largest absolute Gasteiger partial charge is 0.481 e. The Hall–Kier alpha value is -3.74. The monoisotopic (exact) mass is 403 g/mol. The van der Waals surface area contributed by atoms with Gasteiger partial charge in [0.1, 0.15) is 6.54 Å². The molecule has 0 aliphatic carbocycles. The van der Waals surface area contributed by atoms with Crippen LogP contribution in [0, 0.1) is 0 Å². The number of hydrogen-bond donors (Lipinski definition) is 2. The first-order chi connectivity index (χ1) is 14.4. The van der Waals surface area contributed by atoms with E-state index in [-0.39, 0.29) is 24.3 Å². The topological polar surface area (TPSA) is 115 Å². The molecule has 152 valence electrons. The number of rotatable bonds is 6. The standard InChI is InChI=1S/C23H21N3O4/c1-2-13-6-8-14(9-7-13)12-26-17-5-3-4-15(23(24)30)20(17)21-18(27)11-25-16(22(21)26)10-19(28)29/h3-9H,2,10-12H2,1H3,(H2,24,30)(H,28,29). The Kier molecular flexibility index (Phi) is 4.95. The highest BCUT2D eigenvalue weighted by Gasteiger charge is 2.31. The van der Waals surface area contributed by atoms with Crippen LogP contribution in [0.3, 0.4) is 0 Å². The number of aromatic nitrogens is 1. The van der Waals surface area contributed by atoms with Crippen molar-refractivity contribution >= 4 is 34.3 Å². The van der Waals surface area contributed by atoms with Crippen LogP contribution in [-0.4, -0.2) is 39.6 Å². The van der Waals surface area contributed by atoms with Crippen molar-refractivity contribution in [2.45, 2.75) is 26.3 Å². The Morgan fingerprint density at radius 1 is 1.13 bits per heavy atom. The zero-order valence-electron chi connectivity index (χ0n) is 16.5. The number of ketones is 1. The number of aliphatic imine (C=N–C) groups is 1. The van der Waals surface area contributed by atoms with Crippen molar-refractivity contribution in [3.63, 3.8) is 0 Å². The van der Waals surface area contributed by atoms with E-state index < -0.39 is 11.9 Å². The maximum Gasteiger partial charge on any atom is 0.309 e. The second kappa shape index (κ2) is 7.59. The number of hydrogen-bond acceptors (Lipinski definition) is 4. The van der Waals surface area contributed by atoms with Crippen LogP contribution in [0.2, 0.25) is 0 Å². The summed E-state index contributed by atoms with van der Waals surface area (Å²) in [5.41, 5.74) is 9.79. The SMILES string of the molecule is CCc1ccc(Cn2c3c(c4c(C(N)=O)cccc42)C(=O)CN=C3CC(=O)O)cc1. The second-order valence-corrected chi connectivity index (χ2v) is 7.30. The van der Waals surface area contributed by atoms with Crippen LogP contribution in [-0.2, 0) is 17.8 Å². The van der Waals surface area contributed by atoms with Gasteiger partial charge in [0.05, 0.1) is 28.9 Å². The third-order valence-corrected chi connectivity index (χ3v) is 5.41. The van der Waals surface area contributed by atoms with Gasteiger partial charge in [0, 0.05) is 17.5 Å². The van der Waals surface area contributed by atoms with E-state index >= 15 is 0 Å². The molecule has 3 N–H and O–H groups in total. The van der Waals surface area contributed by atoms with Gasteiger partial charge in [-0.25, -0.2) is 0 Å². The molecule has 1 aromatic heterocycles. The number of carboxylic acids is 1. The fourth-order valence-corrected chi connectivity index (χ4v) is 4.01. The fourth-order valence-electron chi connectivity index (χ4n) is 4.01. The van der Waals surface area contributed by atoms with Crippen molar-refractivity contribution in [1.82, 2.24) is 4.57 Å². The van der Waals surface area contributed by atoms with Gasteiger partial charge in [-0.05, 0) is 29.7 Å². The summed E-state index contributed by atoms with van der Waals surface area (Å²) in [4.78, 5) is 40.6. The van der Waals surface area contributed by atoms with E-state index in [0.717, 1.165) is 12.0 Å². The molecule has 0 radical (unpaired) electrons. The number of fused-ring (bicyclic) bond motifs is 3. The molecule has 7 nitrogen and oxygen atoms in total. The maximum atomic E-state index is 12.8. The number of carbonyl (C=O) groups is 3. The highest BCUT2D eigenvalue weighted by molar-refractivity contribution is 6.26. The van der Waals surface area contributed by atoms with Crippen LogP contribution < -0.4 is 5.73 Å². The van der Waals surface area contributed by atoms with Crippen LogP contribution in [0.4, 0.5) is 0 Å². The molecule has 7 heteroatoms. The number of nitrogens with zero attached hydrogens (tertiary/aromatic N) is 2. The Morgan fingerprint density at radius 3 is 2.47 bits per heavy atom. The minimum Gasteiger partial charge on any atom is -0.481 e. The lowest BCUT2D eigenvalue weighted by Gasteiger charge is -2.16. The number of aliphatic carboxylic acids is 1. The molecule has 0 unspecified atom stereocenters. The molecule has 0 fully saturated rings. The first kappa shape index (κ1) is 19.6. The summed E-state index contributed by atoms with van der Waals surface area (Å²) < 4.78 is 1.87. The zero-order chi connectivity index (χ0) is 21.4. The van der Waals surface area contributed by atoms with Crippen molar-refractivity contribution in [2.24, 2.45) is 10.7 Å². The Bertz CT molecular complexity index is 1220. The number of benzene rings is 2. The fraction of sp³-hybridized carbons (Fsp3) is 0.217. The van der Waals surface area contributed by atoms with E-state index in [2.05, 4.69) is 11.9 Å². The summed E-state index contributed by atoms with van der Waals surface area (Å²) in [7, 11) is 0. The zero-order valence-corrected chi connectivity index (χ0v) is 16.5. The average Bonchev–Trinajstić information content (AvgIpc) is 3.06. The molecule has 1 amide bonds. The van der Waals surface area contributed by atoms with Gasteiger partial charge in [0.15, 0.2) is 5.78 Å². The predicted molar refractivity (Wildman–Crippen MR) is 113 cm³/mol. The molecule has 0 saturated heterocycles. The van der Waals surface area contributed by atoms with E-state index in [0.29, 0.717) is 34.4 Å². The van der Waals surface area contributed by atoms with Gasteiger partial charge in [0.2, 0.25) is 5.91 Å². The van der Waals surface area contributed by atoms with Crippen LogP contribution in [0.25, 0.3) is 10.9 Å². The van der Waals surface area contributed by atoms with Gasteiger partial charge >= 0.3 is 5.97 Å². The third-order valence-electron chi connectivity index (χ3n) is 5.41. The van der Waals surface area contributed by atoms with Gasteiger partial charge < -0.3 is 15.4 Å². The summed E-state index contributed by atoms with van der Waals surface area (Å²) in [6.45, 7) is 2.34. The molecule has 0 atom stereocenters. The van der Waals surface area contributed by atoms with Gasteiger partial charge in [-0.1, -0.05) is 37.3 Å². The summed E-state index contributed by atoms with van der Waals surface area (Å²) in [5.74, 6) is -1.92. The van der Waals surface area contributed by atoms with Crippen LogP contribution >= 0.6 is 0 Å². The molecule has 0 bridgehead atoms. The molecule has 2 aromatic carbocycles. The minimum absolute atomic E-state index is 0.146. The summed E-state index contributed by atoms with van der Waals surface area (Å²) in [6, 6.07) is 13.2. The van der Waals surface area contributed by atoms with Gasteiger partial charge in [-0.15, -0.1) is 0 Å². The highest BCUT2D eigenvalue weighted by atomic mass is 16.4. The average molecular weight is 403 g/mol. The van der Waals surface area contributed by atoms with Gasteiger partial charge in [0.25, 0.3) is 0 Å². The molecular weight excluding hydrogens is 382 g/mol. The highest BCUT2D eigenvalue weighted by Crippen LogP contribution is 2.33. The quantitative estimate of drug-likeness (QED) is 0.658. The Balaban J connectivity index is 1.99. The molecule has 0 saturated carbocycles. The minimum atomic E-state index is -1.03. The van der Waals surface area contributed by atoms with E-state index in [1.807, 2.05) is 34.9 Å². The van der Waals surface area contributed by atoms with Crippen molar-refractivity contribution in [3.8, 4) is 0 Å². The van der Waals surface area contributed by atoms with E-state index in [9.17, 15) is 19.5 Å². The Morgan fingerprint density at radius 2 is 1.83 bits per heavy atom. The lowest BCUT2D eigenvalue weighted by atomic mass is 9.96. The number of nitrogens with two attached hydrogens (primary N) is 1. The van der Waals surface area contributed by atoms with Crippen molar-refractivity contribution in [1.29, 1.82) is 0 Å². The maximum absolute atomic E-state index is 12.8. The molecule has 1 aliphatic heterocycles. The number of primary amides is 1. The molecule has 2 heterocycles. The van der Waals surface area contributed by atoms with Crippen LogP contribution in [0.1, 0.15) is 50.9 Å². The molecule has 1 aliphatic rings. The van der Waals surface area contributed by atoms with E-state index in [1.54, 1.807) is 12.1 Å². The first-order valence-electron chi connectivity index (χ1n) is 9.72. The van der Waals surface area contributed by atoms with Crippen LogP contribution in [0.15, 0.2) is 47.5 Å².